The van der Waals surface area contributed by atoms with Crippen molar-refractivity contribution in [1.29, 1.82) is 0 Å². The number of hydrogen-bond acceptors (Lipinski definition) is 2. The van der Waals surface area contributed by atoms with Gasteiger partial charge in [0.1, 0.15) is 0 Å². The van der Waals surface area contributed by atoms with Crippen LogP contribution in [0.1, 0.15) is 32.3 Å². The first-order chi connectivity index (χ1) is 7.00. The van der Waals surface area contributed by atoms with Crippen LogP contribution in [-0.2, 0) is 9.59 Å². The van der Waals surface area contributed by atoms with E-state index >= 15 is 0 Å². The quantitative estimate of drug-likeness (QED) is 0.770. The van der Waals surface area contributed by atoms with Crippen LogP contribution in [0.15, 0.2) is 24.3 Å². The highest BCUT2D eigenvalue weighted by atomic mass is 16.2. The number of ketones is 1. The Bertz CT molecular complexity index is 366. The number of anilines is 1. The first kappa shape index (κ1) is 11.4. The van der Waals surface area contributed by atoms with Crippen LogP contribution in [0, 0.1) is 0 Å². The van der Waals surface area contributed by atoms with E-state index in [-0.39, 0.29) is 0 Å². The molecule has 80 valence electrons. The van der Waals surface area contributed by atoms with Gasteiger partial charge in [0.05, 0.1) is 0 Å². The van der Waals surface area contributed by atoms with Crippen molar-refractivity contribution in [1.82, 2.24) is 0 Å². The summed E-state index contributed by atoms with van der Waals surface area (Å²) >= 11 is 0. The lowest BCUT2D eigenvalue weighted by molar-refractivity contribution is -0.133. The number of nitrogens with one attached hydrogen (secondary N) is 1. The molecule has 0 aliphatic carbocycles. The van der Waals surface area contributed by atoms with Crippen LogP contribution < -0.4 is 5.32 Å². The summed E-state index contributed by atoms with van der Waals surface area (Å²) in [5.41, 5.74) is 1.86. The number of rotatable bonds is 3. The molecule has 1 aromatic carbocycles. The van der Waals surface area contributed by atoms with Crippen LogP contribution >= 0.6 is 0 Å². The van der Waals surface area contributed by atoms with E-state index in [2.05, 4.69) is 19.2 Å². The van der Waals surface area contributed by atoms with E-state index in [4.69, 9.17) is 0 Å². The second kappa shape index (κ2) is 4.73. The lowest BCUT2D eigenvalue weighted by Gasteiger charge is -2.07. The highest BCUT2D eigenvalue weighted by Gasteiger charge is 2.07. The molecule has 0 atom stereocenters. The van der Waals surface area contributed by atoms with E-state index in [0.29, 0.717) is 11.6 Å². The Morgan fingerprint density at radius 3 is 2.07 bits per heavy atom. The summed E-state index contributed by atoms with van der Waals surface area (Å²) in [6, 6.07) is 7.49. The molecule has 1 aromatic rings. The maximum Gasteiger partial charge on any atom is 0.291 e. The van der Waals surface area contributed by atoms with E-state index in [1.807, 2.05) is 12.1 Å². The van der Waals surface area contributed by atoms with Crippen molar-refractivity contribution in [2.75, 3.05) is 5.32 Å². The fraction of sp³-hybridized carbons (Fsp3) is 0.333. The second-order valence-corrected chi connectivity index (χ2v) is 3.79. The van der Waals surface area contributed by atoms with Gasteiger partial charge in [-0.3, -0.25) is 9.59 Å². The molecule has 1 rings (SSSR count). The summed E-state index contributed by atoms with van der Waals surface area (Å²) in [6.07, 6.45) is 0. The molecule has 0 saturated heterocycles. The molecule has 3 nitrogen and oxygen atoms in total. The minimum Gasteiger partial charge on any atom is -0.319 e. The number of Topliss-reactive ketones (excluding diaryl/α,β-unsaturated/α-hetero) is 1. The molecule has 0 radical (unpaired) electrons. The predicted molar refractivity (Wildman–Crippen MR) is 59.8 cm³/mol. The minimum absolute atomic E-state index is 0.461. The van der Waals surface area contributed by atoms with Gasteiger partial charge >= 0.3 is 0 Å². The molecule has 0 aliphatic rings. The van der Waals surface area contributed by atoms with Crippen LogP contribution in [0.5, 0.6) is 0 Å². The summed E-state index contributed by atoms with van der Waals surface area (Å²) < 4.78 is 0. The molecule has 0 unspecified atom stereocenters. The predicted octanol–water partition coefficient (Wildman–Crippen LogP) is 2.34. The summed E-state index contributed by atoms with van der Waals surface area (Å²) in [7, 11) is 0. The van der Waals surface area contributed by atoms with E-state index in [9.17, 15) is 9.59 Å². The third-order valence-corrected chi connectivity index (χ3v) is 2.15. The third kappa shape index (κ3) is 3.20. The van der Waals surface area contributed by atoms with Crippen molar-refractivity contribution in [3.05, 3.63) is 29.8 Å². The number of benzene rings is 1. The van der Waals surface area contributed by atoms with E-state index in [1.54, 1.807) is 12.1 Å². The van der Waals surface area contributed by atoms with Gasteiger partial charge < -0.3 is 5.32 Å². The molecule has 1 N–H and O–H groups in total. The van der Waals surface area contributed by atoms with E-state index in [0.717, 1.165) is 0 Å². The van der Waals surface area contributed by atoms with Gasteiger partial charge in [0.15, 0.2) is 0 Å². The van der Waals surface area contributed by atoms with Crippen LogP contribution in [0.2, 0.25) is 0 Å². The van der Waals surface area contributed by atoms with Gasteiger partial charge in [-0.05, 0) is 23.6 Å². The van der Waals surface area contributed by atoms with Gasteiger partial charge in [-0.15, -0.1) is 0 Å². The SMILES string of the molecule is CC(=O)C(=O)Nc1ccc(C(C)C)cc1. The van der Waals surface area contributed by atoms with Gasteiger partial charge in [0.2, 0.25) is 5.78 Å². The van der Waals surface area contributed by atoms with Crippen LogP contribution in [0.25, 0.3) is 0 Å². The summed E-state index contributed by atoms with van der Waals surface area (Å²) in [5, 5.41) is 2.52. The first-order valence-electron chi connectivity index (χ1n) is 4.92. The average molecular weight is 205 g/mol. The minimum atomic E-state index is -0.577. The van der Waals surface area contributed by atoms with Crippen molar-refractivity contribution in [3.8, 4) is 0 Å². The van der Waals surface area contributed by atoms with Crippen molar-refractivity contribution >= 4 is 17.4 Å². The van der Waals surface area contributed by atoms with Gasteiger partial charge in [-0.2, -0.15) is 0 Å². The van der Waals surface area contributed by atoms with Gasteiger partial charge in [0, 0.05) is 12.6 Å². The zero-order valence-corrected chi connectivity index (χ0v) is 9.20. The topological polar surface area (TPSA) is 46.2 Å². The molecule has 1 amide bonds. The fourth-order valence-electron chi connectivity index (χ4n) is 1.17. The molecular weight excluding hydrogens is 190 g/mol. The smallest absolute Gasteiger partial charge is 0.291 e. The fourth-order valence-corrected chi connectivity index (χ4v) is 1.17. The van der Waals surface area contributed by atoms with Crippen LogP contribution in [-0.4, -0.2) is 11.7 Å². The maximum atomic E-state index is 11.1. The molecule has 0 bridgehead atoms. The number of carbonyl (C=O) groups excluding carboxylic acids is 2. The number of carbonyl (C=O) groups is 2. The Labute approximate surface area is 89.5 Å². The van der Waals surface area contributed by atoms with Crippen molar-refractivity contribution in [2.45, 2.75) is 26.7 Å². The van der Waals surface area contributed by atoms with Gasteiger partial charge in [-0.1, -0.05) is 26.0 Å². The summed E-state index contributed by atoms with van der Waals surface area (Å²) in [6.45, 7) is 5.45. The normalized spacial score (nSPS) is 10.1. The van der Waals surface area contributed by atoms with Crippen LogP contribution in [0.3, 0.4) is 0 Å². The molecule has 0 aliphatic heterocycles. The summed E-state index contributed by atoms with van der Waals surface area (Å²) in [5.74, 6) is -0.599. The first-order valence-corrected chi connectivity index (χ1v) is 4.92. The monoisotopic (exact) mass is 205 g/mol. The maximum absolute atomic E-state index is 11.1. The lowest BCUT2D eigenvalue weighted by Crippen LogP contribution is -2.19. The number of amides is 1. The number of hydrogen-bond donors (Lipinski definition) is 1. The highest BCUT2D eigenvalue weighted by molar-refractivity contribution is 6.39. The Kier molecular flexibility index (Phi) is 3.61. The molecule has 0 saturated carbocycles. The summed E-state index contributed by atoms with van der Waals surface area (Å²) in [4.78, 5) is 21.8. The molecule has 0 fully saturated rings. The van der Waals surface area contributed by atoms with Crippen LogP contribution in [0.4, 0.5) is 5.69 Å². The third-order valence-electron chi connectivity index (χ3n) is 2.15. The molecule has 0 aromatic heterocycles. The Morgan fingerprint density at radius 2 is 1.67 bits per heavy atom. The Morgan fingerprint density at radius 1 is 1.13 bits per heavy atom. The molecule has 0 heterocycles. The lowest BCUT2D eigenvalue weighted by atomic mass is 10.0. The Hall–Kier alpha value is -1.64. The van der Waals surface area contributed by atoms with Crippen molar-refractivity contribution in [2.24, 2.45) is 0 Å². The van der Waals surface area contributed by atoms with E-state index in [1.165, 1.54) is 12.5 Å². The van der Waals surface area contributed by atoms with E-state index < -0.39 is 11.7 Å². The average Bonchev–Trinajstić information content (AvgIpc) is 2.18. The van der Waals surface area contributed by atoms with Gasteiger partial charge in [0.25, 0.3) is 5.91 Å². The highest BCUT2D eigenvalue weighted by Crippen LogP contribution is 2.16. The van der Waals surface area contributed by atoms with Crippen molar-refractivity contribution in [3.63, 3.8) is 0 Å². The standard InChI is InChI=1S/C12H15NO2/c1-8(2)10-4-6-11(7-5-10)13-12(15)9(3)14/h4-8H,1-3H3,(H,13,15). The Balaban J connectivity index is 2.73. The molecule has 0 spiro atoms. The molecule has 3 heteroatoms. The molecule has 15 heavy (non-hydrogen) atoms. The zero-order valence-electron chi connectivity index (χ0n) is 9.20. The van der Waals surface area contributed by atoms with Crippen molar-refractivity contribution < 1.29 is 9.59 Å². The second-order valence-electron chi connectivity index (χ2n) is 3.79. The zero-order chi connectivity index (χ0) is 11.4. The van der Waals surface area contributed by atoms with Gasteiger partial charge in [-0.25, -0.2) is 0 Å². The molecular formula is C12H15NO2. The largest absolute Gasteiger partial charge is 0.319 e.